The Labute approximate surface area is 149 Å². The lowest BCUT2D eigenvalue weighted by Crippen LogP contribution is -2.32. The number of benzene rings is 1. The Kier molecular flexibility index (Phi) is 5.45. The van der Waals surface area contributed by atoms with E-state index in [1.807, 2.05) is 35.2 Å². The van der Waals surface area contributed by atoms with Crippen LogP contribution in [-0.4, -0.2) is 28.8 Å². The summed E-state index contributed by atoms with van der Waals surface area (Å²) >= 11 is 1.64. The third-order valence-corrected chi connectivity index (χ3v) is 4.49. The van der Waals surface area contributed by atoms with Gasteiger partial charge >= 0.3 is 0 Å². The van der Waals surface area contributed by atoms with Crippen LogP contribution in [0.1, 0.15) is 5.69 Å². The number of hydrogen-bond donors (Lipinski definition) is 1. The third kappa shape index (κ3) is 4.45. The molecule has 0 unspecified atom stereocenters. The number of nitrogens with zero attached hydrogens (tertiary/aromatic N) is 2. The highest BCUT2D eigenvalue weighted by Gasteiger charge is 2.09. The van der Waals surface area contributed by atoms with Crippen molar-refractivity contribution in [2.24, 2.45) is 0 Å². The first kappa shape index (κ1) is 17.2. The number of carbonyl (C=O) groups excluding carboxylic acids is 1. The molecule has 0 bridgehead atoms. The molecule has 0 fully saturated rings. The van der Waals surface area contributed by atoms with E-state index in [-0.39, 0.29) is 18.3 Å². The standard InChI is InChI=1S/C18H18FN3O2S/c1-13-11-15(17-7-4-10-25-17)21-22(13)9-8-20-18(23)12-24-16-6-3-2-5-14(16)19/h2-7,10-11H,8-9,12H2,1H3,(H,20,23). The van der Waals surface area contributed by atoms with Gasteiger partial charge in [0.25, 0.3) is 5.91 Å². The number of aromatic nitrogens is 2. The highest BCUT2D eigenvalue weighted by Crippen LogP contribution is 2.23. The Morgan fingerprint density at radius 2 is 2.16 bits per heavy atom. The number of aryl methyl sites for hydroxylation is 1. The zero-order valence-electron chi connectivity index (χ0n) is 13.7. The zero-order valence-corrected chi connectivity index (χ0v) is 14.6. The molecule has 25 heavy (non-hydrogen) atoms. The molecular weight excluding hydrogens is 341 g/mol. The quantitative estimate of drug-likeness (QED) is 0.704. The van der Waals surface area contributed by atoms with E-state index in [1.165, 1.54) is 12.1 Å². The van der Waals surface area contributed by atoms with Crippen LogP contribution in [-0.2, 0) is 11.3 Å². The summed E-state index contributed by atoms with van der Waals surface area (Å²) in [6, 6.07) is 12.0. The van der Waals surface area contributed by atoms with E-state index in [2.05, 4.69) is 10.4 Å². The van der Waals surface area contributed by atoms with Gasteiger partial charge in [0.05, 0.1) is 11.4 Å². The summed E-state index contributed by atoms with van der Waals surface area (Å²) in [7, 11) is 0. The van der Waals surface area contributed by atoms with Gasteiger partial charge in [-0.05, 0) is 36.6 Å². The second kappa shape index (κ2) is 7.94. The lowest BCUT2D eigenvalue weighted by Gasteiger charge is -2.09. The highest BCUT2D eigenvalue weighted by molar-refractivity contribution is 7.13. The Balaban J connectivity index is 1.46. The Morgan fingerprint density at radius 1 is 1.32 bits per heavy atom. The third-order valence-electron chi connectivity index (χ3n) is 3.60. The van der Waals surface area contributed by atoms with Crippen LogP contribution in [0.5, 0.6) is 5.75 Å². The van der Waals surface area contributed by atoms with Crippen molar-refractivity contribution in [1.82, 2.24) is 15.1 Å². The van der Waals surface area contributed by atoms with Crippen LogP contribution in [0.2, 0.25) is 0 Å². The minimum absolute atomic E-state index is 0.0705. The summed E-state index contributed by atoms with van der Waals surface area (Å²) in [5.41, 5.74) is 1.96. The minimum Gasteiger partial charge on any atom is -0.481 e. The Hall–Kier alpha value is -2.67. The summed E-state index contributed by atoms with van der Waals surface area (Å²) in [4.78, 5) is 12.9. The van der Waals surface area contributed by atoms with Crippen molar-refractivity contribution in [2.45, 2.75) is 13.5 Å². The van der Waals surface area contributed by atoms with Crippen molar-refractivity contribution in [3.05, 3.63) is 59.4 Å². The average Bonchev–Trinajstić information content (AvgIpc) is 3.24. The van der Waals surface area contributed by atoms with Gasteiger partial charge < -0.3 is 10.1 Å². The van der Waals surface area contributed by atoms with Crippen LogP contribution in [0.4, 0.5) is 4.39 Å². The summed E-state index contributed by atoms with van der Waals surface area (Å²) in [5.74, 6) is -0.712. The second-order valence-electron chi connectivity index (χ2n) is 5.44. The number of rotatable bonds is 7. The molecule has 3 rings (SSSR count). The number of thiophene rings is 1. The number of carbonyl (C=O) groups is 1. The molecule has 5 nitrogen and oxygen atoms in total. The van der Waals surface area contributed by atoms with E-state index >= 15 is 0 Å². The molecule has 3 aromatic rings. The van der Waals surface area contributed by atoms with Gasteiger partial charge in [0, 0.05) is 12.2 Å². The monoisotopic (exact) mass is 359 g/mol. The molecule has 0 aliphatic carbocycles. The molecule has 0 saturated heterocycles. The fraction of sp³-hybridized carbons (Fsp3) is 0.222. The number of halogens is 1. The molecule has 2 heterocycles. The molecule has 1 amide bonds. The van der Waals surface area contributed by atoms with Crippen molar-refractivity contribution in [3.8, 4) is 16.3 Å². The van der Waals surface area contributed by atoms with E-state index < -0.39 is 5.82 Å². The number of hydrogen-bond acceptors (Lipinski definition) is 4. The molecule has 0 aliphatic heterocycles. The molecule has 0 radical (unpaired) electrons. The van der Waals surface area contributed by atoms with Crippen LogP contribution in [0.25, 0.3) is 10.6 Å². The van der Waals surface area contributed by atoms with E-state index in [0.29, 0.717) is 13.1 Å². The second-order valence-corrected chi connectivity index (χ2v) is 6.39. The Bertz CT molecular complexity index is 846. The predicted molar refractivity (Wildman–Crippen MR) is 95.2 cm³/mol. The van der Waals surface area contributed by atoms with Gasteiger partial charge in [-0.25, -0.2) is 4.39 Å². The van der Waals surface area contributed by atoms with Gasteiger partial charge in [-0.2, -0.15) is 5.10 Å². The smallest absolute Gasteiger partial charge is 0.258 e. The molecule has 0 saturated carbocycles. The number of amides is 1. The van der Waals surface area contributed by atoms with Crippen LogP contribution >= 0.6 is 11.3 Å². The Morgan fingerprint density at radius 3 is 2.92 bits per heavy atom. The summed E-state index contributed by atoms with van der Waals surface area (Å²) in [6.07, 6.45) is 0. The minimum atomic E-state index is -0.483. The van der Waals surface area contributed by atoms with Crippen LogP contribution < -0.4 is 10.1 Å². The number of nitrogens with one attached hydrogen (secondary N) is 1. The fourth-order valence-corrected chi connectivity index (χ4v) is 3.02. The first-order valence-electron chi connectivity index (χ1n) is 7.86. The molecule has 0 spiro atoms. The molecule has 7 heteroatoms. The van der Waals surface area contributed by atoms with Crippen molar-refractivity contribution in [3.63, 3.8) is 0 Å². The molecule has 0 atom stereocenters. The van der Waals surface area contributed by atoms with E-state index in [9.17, 15) is 9.18 Å². The van der Waals surface area contributed by atoms with Crippen molar-refractivity contribution >= 4 is 17.2 Å². The van der Waals surface area contributed by atoms with Crippen molar-refractivity contribution < 1.29 is 13.9 Å². The average molecular weight is 359 g/mol. The van der Waals surface area contributed by atoms with Crippen LogP contribution in [0.15, 0.2) is 47.8 Å². The molecule has 0 aliphatic rings. The largest absolute Gasteiger partial charge is 0.481 e. The number of ether oxygens (including phenoxy) is 1. The van der Waals surface area contributed by atoms with E-state index in [1.54, 1.807) is 23.5 Å². The normalized spacial score (nSPS) is 10.6. The molecule has 1 N–H and O–H groups in total. The predicted octanol–water partition coefficient (Wildman–Crippen LogP) is 3.25. The summed E-state index contributed by atoms with van der Waals surface area (Å²) < 4.78 is 20.4. The van der Waals surface area contributed by atoms with Gasteiger partial charge in [0.15, 0.2) is 18.2 Å². The van der Waals surface area contributed by atoms with Gasteiger partial charge in [-0.15, -0.1) is 11.3 Å². The molecular formula is C18H18FN3O2S. The van der Waals surface area contributed by atoms with Crippen LogP contribution in [0.3, 0.4) is 0 Å². The zero-order chi connectivity index (χ0) is 17.6. The summed E-state index contributed by atoms with van der Waals surface area (Å²) in [6.45, 7) is 2.74. The fourth-order valence-electron chi connectivity index (χ4n) is 2.34. The van der Waals surface area contributed by atoms with Gasteiger partial charge in [0.2, 0.25) is 0 Å². The maximum Gasteiger partial charge on any atom is 0.258 e. The maximum atomic E-state index is 13.4. The SMILES string of the molecule is Cc1cc(-c2cccs2)nn1CCNC(=O)COc1ccccc1F. The molecule has 130 valence electrons. The van der Waals surface area contributed by atoms with Crippen LogP contribution in [0, 0.1) is 12.7 Å². The van der Waals surface area contributed by atoms with Gasteiger partial charge in [-0.1, -0.05) is 18.2 Å². The lowest BCUT2D eigenvalue weighted by atomic mass is 10.3. The maximum absolute atomic E-state index is 13.4. The first-order valence-corrected chi connectivity index (χ1v) is 8.74. The van der Waals surface area contributed by atoms with Crippen molar-refractivity contribution in [2.75, 3.05) is 13.2 Å². The lowest BCUT2D eigenvalue weighted by molar-refractivity contribution is -0.123. The highest BCUT2D eigenvalue weighted by atomic mass is 32.1. The topological polar surface area (TPSA) is 56.2 Å². The first-order chi connectivity index (χ1) is 12.1. The van der Waals surface area contributed by atoms with E-state index in [4.69, 9.17) is 4.74 Å². The van der Waals surface area contributed by atoms with Gasteiger partial charge in [-0.3, -0.25) is 9.48 Å². The molecule has 2 aromatic heterocycles. The van der Waals surface area contributed by atoms with Gasteiger partial charge in [0.1, 0.15) is 5.69 Å². The number of para-hydroxylation sites is 1. The summed E-state index contributed by atoms with van der Waals surface area (Å²) in [5, 5.41) is 9.31. The molecule has 1 aromatic carbocycles. The van der Waals surface area contributed by atoms with Crippen molar-refractivity contribution in [1.29, 1.82) is 0 Å². The van der Waals surface area contributed by atoms with E-state index in [0.717, 1.165) is 16.3 Å².